The van der Waals surface area contributed by atoms with Crippen molar-refractivity contribution in [2.75, 3.05) is 6.54 Å². The van der Waals surface area contributed by atoms with Gasteiger partial charge in [0.25, 0.3) is 0 Å². The van der Waals surface area contributed by atoms with E-state index in [1.54, 1.807) is 0 Å². The average Bonchev–Trinajstić information content (AvgIpc) is 1.72. The Morgan fingerprint density at radius 3 is 2.43 bits per heavy atom. The molecule has 0 aromatic rings. The normalized spacial score (nSPS) is 13.4. The van der Waals surface area contributed by atoms with Crippen LogP contribution in [0, 0.1) is 11.3 Å². The summed E-state index contributed by atoms with van der Waals surface area (Å²) in [4.78, 5) is 0. The topological polar surface area (TPSA) is 49.9 Å². The lowest BCUT2D eigenvalue weighted by atomic mass is 10.1. The molecule has 0 heterocycles. The van der Waals surface area contributed by atoms with E-state index < -0.39 is 0 Å². The van der Waals surface area contributed by atoms with Crippen molar-refractivity contribution in [1.29, 1.82) is 5.41 Å². The Hall–Kier alpha value is -0.370. The summed E-state index contributed by atoms with van der Waals surface area (Å²) in [6.07, 6.45) is 2.39. The van der Waals surface area contributed by atoms with E-state index in [-0.39, 0.29) is 0 Å². The zero-order chi connectivity index (χ0) is 5.70. The fourth-order valence-corrected chi connectivity index (χ4v) is 0.353. The highest BCUT2D eigenvalue weighted by Crippen LogP contribution is 1.92. The quantitative estimate of drug-likeness (QED) is 0.502. The van der Waals surface area contributed by atoms with Crippen LogP contribution in [0.2, 0.25) is 0 Å². The van der Waals surface area contributed by atoms with E-state index in [0.29, 0.717) is 12.5 Å². The molecule has 0 aliphatic rings. The van der Waals surface area contributed by atoms with Crippen LogP contribution in [0.3, 0.4) is 0 Å². The van der Waals surface area contributed by atoms with Crippen molar-refractivity contribution in [1.82, 2.24) is 0 Å². The molecule has 0 saturated carbocycles. The van der Waals surface area contributed by atoms with E-state index in [2.05, 4.69) is 0 Å². The monoisotopic (exact) mass is 100 g/mol. The summed E-state index contributed by atoms with van der Waals surface area (Å²) in [5.74, 6) is 0.306. The van der Waals surface area contributed by atoms with Crippen molar-refractivity contribution in [2.45, 2.75) is 13.3 Å². The third-order valence-corrected chi connectivity index (χ3v) is 1.06. The van der Waals surface area contributed by atoms with E-state index in [4.69, 9.17) is 11.1 Å². The minimum absolute atomic E-state index is 0.306. The molecule has 42 valence electrons. The number of hydrogen-bond donors (Lipinski definition) is 2. The smallest absolute Gasteiger partial charge is 0.00554 e. The Morgan fingerprint density at radius 2 is 2.43 bits per heavy atom. The highest BCUT2D eigenvalue weighted by Gasteiger charge is 1.94. The molecule has 0 fully saturated rings. The van der Waals surface area contributed by atoms with Crippen molar-refractivity contribution in [3.63, 3.8) is 0 Å². The summed E-state index contributed by atoms with van der Waals surface area (Å²) < 4.78 is 0. The standard InChI is InChI=1S/C5H12N2/c1-2-5(3-6)4-7/h3,5-6H,2,4,7H2,1H3/t5-/m1/s1. The molecule has 1 atom stereocenters. The molecule has 0 amide bonds. The Bertz CT molecular complexity index is 48.0. The van der Waals surface area contributed by atoms with Crippen LogP contribution in [0.4, 0.5) is 0 Å². The predicted octanol–water partition coefficient (Wildman–Crippen LogP) is 0.621. The van der Waals surface area contributed by atoms with Gasteiger partial charge < -0.3 is 11.1 Å². The van der Waals surface area contributed by atoms with Crippen molar-refractivity contribution in [2.24, 2.45) is 11.7 Å². The lowest BCUT2D eigenvalue weighted by Crippen LogP contribution is -2.13. The minimum Gasteiger partial charge on any atom is -0.330 e. The van der Waals surface area contributed by atoms with Crippen LogP contribution in [-0.4, -0.2) is 12.8 Å². The van der Waals surface area contributed by atoms with Crippen LogP contribution in [0.25, 0.3) is 0 Å². The van der Waals surface area contributed by atoms with Crippen LogP contribution in [-0.2, 0) is 0 Å². The summed E-state index contributed by atoms with van der Waals surface area (Å²) in [5.41, 5.74) is 5.24. The summed E-state index contributed by atoms with van der Waals surface area (Å²) in [6, 6.07) is 0. The second-order valence-corrected chi connectivity index (χ2v) is 1.57. The number of nitrogens with two attached hydrogens (primary N) is 1. The second-order valence-electron chi connectivity index (χ2n) is 1.57. The fourth-order valence-electron chi connectivity index (χ4n) is 0.353. The molecule has 0 aliphatic carbocycles. The van der Waals surface area contributed by atoms with Crippen molar-refractivity contribution < 1.29 is 0 Å². The lowest BCUT2D eigenvalue weighted by Gasteiger charge is -2.00. The van der Waals surface area contributed by atoms with Crippen molar-refractivity contribution in [3.05, 3.63) is 0 Å². The van der Waals surface area contributed by atoms with E-state index in [1.165, 1.54) is 6.21 Å². The number of rotatable bonds is 3. The summed E-state index contributed by atoms with van der Waals surface area (Å²) in [7, 11) is 0. The van der Waals surface area contributed by atoms with Gasteiger partial charge in [-0.15, -0.1) is 0 Å². The molecule has 0 radical (unpaired) electrons. The Balaban J connectivity index is 3.16. The van der Waals surface area contributed by atoms with Crippen LogP contribution in [0.1, 0.15) is 13.3 Å². The van der Waals surface area contributed by atoms with Gasteiger partial charge in [0, 0.05) is 12.5 Å². The molecular formula is C5H12N2. The minimum atomic E-state index is 0.306. The number of nitrogens with one attached hydrogen (secondary N) is 1. The maximum absolute atomic E-state index is 6.75. The van der Waals surface area contributed by atoms with Gasteiger partial charge in [-0.3, -0.25) is 0 Å². The van der Waals surface area contributed by atoms with E-state index in [1.807, 2.05) is 6.92 Å². The molecule has 2 heteroatoms. The third-order valence-electron chi connectivity index (χ3n) is 1.06. The molecule has 0 aromatic heterocycles. The van der Waals surface area contributed by atoms with Gasteiger partial charge in [-0.1, -0.05) is 6.92 Å². The molecule has 0 aromatic carbocycles. The first-order valence-electron chi connectivity index (χ1n) is 2.55. The summed E-state index contributed by atoms with van der Waals surface area (Å²) in [5, 5.41) is 6.75. The first kappa shape index (κ1) is 6.63. The first-order chi connectivity index (χ1) is 3.35. The molecule has 3 N–H and O–H groups in total. The van der Waals surface area contributed by atoms with Gasteiger partial charge in [0.2, 0.25) is 0 Å². The molecule has 0 aliphatic heterocycles. The summed E-state index contributed by atoms with van der Waals surface area (Å²) >= 11 is 0. The second kappa shape index (κ2) is 3.81. The van der Waals surface area contributed by atoms with Gasteiger partial charge in [0.1, 0.15) is 0 Å². The van der Waals surface area contributed by atoms with E-state index >= 15 is 0 Å². The van der Waals surface area contributed by atoms with Gasteiger partial charge in [0.15, 0.2) is 0 Å². The maximum Gasteiger partial charge on any atom is 0.00554 e. The molecule has 0 saturated heterocycles. The molecule has 0 bridgehead atoms. The largest absolute Gasteiger partial charge is 0.330 e. The zero-order valence-electron chi connectivity index (χ0n) is 4.65. The molecule has 0 unspecified atom stereocenters. The van der Waals surface area contributed by atoms with Gasteiger partial charge in [0.05, 0.1) is 0 Å². The highest BCUT2D eigenvalue weighted by atomic mass is 14.6. The fraction of sp³-hybridized carbons (Fsp3) is 0.800. The van der Waals surface area contributed by atoms with Gasteiger partial charge >= 0.3 is 0 Å². The Labute approximate surface area is 44.2 Å². The van der Waals surface area contributed by atoms with Crippen LogP contribution >= 0.6 is 0 Å². The average molecular weight is 100 g/mol. The zero-order valence-corrected chi connectivity index (χ0v) is 4.65. The molecule has 0 spiro atoms. The summed E-state index contributed by atoms with van der Waals surface area (Å²) in [6.45, 7) is 2.64. The maximum atomic E-state index is 6.75. The van der Waals surface area contributed by atoms with Crippen molar-refractivity contribution in [3.8, 4) is 0 Å². The molecule has 0 rings (SSSR count). The van der Waals surface area contributed by atoms with E-state index in [0.717, 1.165) is 6.42 Å². The molecule has 7 heavy (non-hydrogen) atoms. The predicted molar refractivity (Wildman–Crippen MR) is 31.6 cm³/mol. The Kier molecular flexibility index (Phi) is 3.61. The highest BCUT2D eigenvalue weighted by molar-refractivity contribution is 5.56. The Morgan fingerprint density at radius 1 is 1.86 bits per heavy atom. The number of hydrogen-bond acceptors (Lipinski definition) is 2. The van der Waals surface area contributed by atoms with Gasteiger partial charge in [-0.25, -0.2) is 0 Å². The van der Waals surface area contributed by atoms with Crippen LogP contribution < -0.4 is 5.73 Å². The third kappa shape index (κ3) is 2.34. The van der Waals surface area contributed by atoms with Crippen molar-refractivity contribution >= 4 is 6.21 Å². The lowest BCUT2D eigenvalue weighted by molar-refractivity contribution is 0.687. The molecule has 2 nitrogen and oxygen atoms in total. The van der Waals surface area contributed by atoms with Gasteiger partial charge in [-0.05, 0) is 12.6 Å². The van der Waals surface area contributed by atoms with Crippen LogP contribution in [0.15, 0.2) is 0 Å². The van der Waals surface area contributed by atoms with E-state index in [9.17, 15) is 0 Å². The van der Waals surface area contributed by atoms with Gasteiger partial charge in [-0.2, -0.15) is 0 Å². The molecular weight excluding hydrogens is 88.1 g/mol. The SMILES string of the molecule is CC[C@H](C=N)CN. The van der Waals surface area contributed by atoms with Crippen LogP contribution in [0.5, 0.6) is 0 Å². The first-order valence-corrected chi connectivity index (χ1v) is 2.55.